The summed E-state index contributed by atoms with van der Waals surface area (Å²) in [7, 11) is 1.66. The Morgan fingerprint density at radius 1 is 1.25 bits per heavy atom. The normalized spacial score (nSPS) is 12.0. The van der Waals surface area contributed by atoms with E-state index in [9.17, 15) is 9.90 Å². The molecule has 0 saturated heterocycles. The Morgan fingerprint density at radius 2 is 1.96 bits per heavy atom. The van der Waals surface area contributed by atoms with Crippen molar-refractivity contribution >= 4 is 11.6 Å². The van der Waals surface area contributed by atoms with E-state index in [0.717, 1.165) is 11.1 Å². The fraction of sp³-hybridized carbons (Fsp3) is 0.316. The van der Waals surface area contributed by atoms with Crippen molar-refractivity contribution in [2.75, 3.05) is 25.9 Å². The number of hydrogen-bond donors (Lipinski definition) is 2. The lowest BCUT2D eigenvalue weighted by Gasteiger charge is -2.22. The number of hydrogen-bond acceptors (Lipinski definition) is 4. The van der Waals surface area contributed by atoms with Crippen molar-refractivity contribution in [2.45, 2.75) is 19.6 Å². The second kappa shape index (κ2) is 8.47. The van der Waals surface area contributed by atoms with E-state index in [-0.39, 0.29) is 19.1 Å². The third-order valence-corrected chi connectivity index (χ3v) is 3.75. The maximum atomic E-state index is 12.5. The van der Waals surface area contributed by atoms with Crippen LogP contribution in [-0.2, 0) is 11.3 Å². The van der Waals surface area contributed by atoms with Gasteiger partial charge in [0.05, 0.1) is 19.3 Å². The van der Waals surface area contributed by atoms with Gasteiger partial charge in [0, 0.05) is 24.8 Å². The molecule has 1 amide bonds. The highest BCUT2D eigenvalue weighted by molar-refractivity contribution is 5.96. The third-order valence-electron chi connectivity index (χ3n) is 3.75. The third kappa shape index (κ3) is 5.08. The van der Waals surface area contributed by atoms with Gasteiger partial charge in [0.2, 0.25) is 0 Å². The summed E-state index contributed by atoms with van der Waals surface area (Å²) in [6.45, 7) is 2.66. The summed E-state index contributed by atoms with van der Waals surface area (Å²) in [5.41, 5.74) is 8.75. The number of nitrogens with two attached hydrogens (primary N) is 1. The van der Waals surface area contributed by atoms with Gasteiger partial charge in [0.1, 0.15) is 0 Å². The lowest BCUT2D eigenvalue weighted by Crippen LogP contribution is -2.36. The summed E-state index contributed by atoms with van der Waals surface area (Å²) in [5.74, 6) is -0.165. The van der Waals surface area contributed by atoms with Gasteiger partial charge in [-0.3, -0.25) is 4.79 Å². The molecule has 0 aliphatic carbocycles. The minimum Gasteiger partial charge on any atom is -0.399 e. The number of nitrogens with zero attached hydrogens (tertiary/aromatic N) is 1. The molecule has 2 aromatic rings. The first-order chi connectivity index (χ1) is 11.5. The number of anilines is 1. The Labute approximate surface area is 142 Å². The van der Waals surface area contributed by atoms with Crippen LogP contribution < -0.4 is 5.73 Å². The molecule has 2 aromatic carbocycles. The monoisotopic (exact) mass is 328 g/mol. The molecule has 128 valence electrons. The number of nitrogen functional groups attached to an aromatic ring is 1. The largest absolute Gasteiger partial charge is 0.399 e. The lowest BCUT2D eigenvalue weighted by atomic mass is 10.1. The molecule has 24 heavy (non-hydrogen) atoms. The van der Waals surface area contributed by atoms with E-state index in [0.29, 0.717) is 17.9 Å². The fourth-order valence-corrected chi connectivity index (χ4v) is 2.41. The van der Waals surface area contributed by atoms with E-state index < -0.39 is 6.10 Å². The number of benzene rings is 2. The predicted molar refractivity (Wildman–Crippen MR) is 94.7 cm³/mol. The number of amides is 1. The zero-order chi connectivity index (χ0) is 17.5. The number of likely N-dealkylation sites (N-methyl/N-ethyl adjacent to an activating group) is 1. The summed E-state index contributed by atoms with van der Waals surface area (Å²) in [6, 6.07) is 15.0. The van der Waals surface area contributed by atoms with Gasteiger partial charge in [-0.05, 0) is 30.2 Å². The molecule has 0 aliphatic rings. The Hall–Kier alpha value is -2.37. The average Bonchev–Trinajstić information content (AvgIpc) is 2.57. The van der Waals surface area contributed by atoms with Crippen LogP contribution in [0.25, 0.3) is 0 Å². The minimum atomic E-state index is -0.746. The van der Waals surface area contributed by atoms with Crippen LogP contribution in [0.5, 0.6) is 0 Å². The summed E-state index contributed by atoms with van der Waals surface area (Å²) in [5, 5.41) is 10.1. The van der Waals surface area contributed by atoms with Gasteiger partial charge in [0.25, 0.3) is 5.91 Å². The summed E-state index contributed by atoms with van der Waals surface area (Å²) in [4.78, 5) is 14.0. The summed E-state index contributed by atoms with van der Waals surface area (Å²) >= 11 is 0. The van der Waals surface area contributed by atoms with Crippen LogP contribution in [0.4, 0.5) is 5.69 Å². The summed E-state index contributed by atoms with van der Waals surface area (Å²) < 4.78 is 5.50. The van der Waals surface area contributed by atoms with Crippen molar-refractivity contribution < 1.29 is 14.6 Å². The van der Waals surface area contributed by atoms with Gasteiger partial charge >= 0.3 is 0 Å². The van der Waals surface area contributed by atoms with Crippen molar-refractivity contribution in [3.05, 3.63) is 65.2 Å². The Morgan fingerprint density at radius 3 is 2.67 bits per heavy atom. The van der Waals surface area contributed by atoms with Crippen LogP contribution in [0.3, 0.4) is 0 Å². The molecule has 5 heteroatoms. The molecule has 3 N–H and O–H groups in total. The minimum absolute atomic E-state index is 0.165. The van der Waals surface area contributed by atoms with Crippen LogP contribution in [0.1, 0.15) is 21.5 Å². The highest BCUT2D eigenvalue weighted by Crippen LogP contribution is 2.14. The first kappa shape index (κ1) is 18.0. The van der Waals surface area contributed by atoms with E-state index in [2.05, 4.69) is 0 Å². The number of aliphatic hydroxyl groups excluding tert-OH is 1. The van der Waals surface area contributed by atoms with Gasteiger partial charge in [-0.1, -0.05) is 36.4 Å². The molecule has 0 saturated carbocycles. The van der Waals surface area contributed by atoms with Crippen molar-refractivity contribution in [2.24, 2.45) is 0 Å². The number of carbonyl (C=O) groups is 1. The van der Waals surface area contributed by atoms with Crippen LogP contribution in [-0.4, -0.2) is 42.2 Å². The second-order valence-corrected chi connectivity index (χ2v) is 5.91. The number of rotatable bonds is 7. The standard InChI is InChI=1S/C19H24N2O3/c1-14-8-9-16(20)10-18(14)19(23)21(2)11-17(22)13-24-12-15-6-4-3-5-7-15/h3-10,17,22H,11-13,20H2,1-2H3. The SMILES string of the molecule is Cc1ccc(N)cc1C(=O)N(C)CC(O)COCc1ccccc1. The quantitative estimate of drug-likeness (QED) is 0.764. The van der Waals surface area contributed by atoms with Gasteiger partial charge in [-0.2, -0.15) is 0 Å². The number of carbonyl (C=O) groups excluding carboxylic acids is 1. The zero-order valence-electron chi connectivity index (χ0n) is 14.1. The van der Waals surface area contributed by atoms with Crippen LogP contribution in [0.15, 0.2) is 48.5 Å². The molecule has 0 fully saturated rings. The Kier molecular flexibility index (Phi) is 6.35. The van der Waals surface area contributed by atoms with Crippen LogP contribution in [0.2, 0.25) is 0 Å². The smallest absolute Gasteiger partial charge is 0.254 e. The van der Waals surface area contributed by atoms with E-state index in [4.69, 9.17) is 10.5 Å². The average molecular weight is 328 g/mol. The number of aryl methyl sites for hydroxylation is 1. The molecule has 0 bridgehead atoms. The highest BCUT2D eigenvalue weighted by atomic mass is 16.5. The first-order valence-corrected chi connectivity index (χ1v) is 7.88. The van der Waals surface area contributed by atoms with Crippen LogP contribution in [0, 0.1) is 6.92 Å². The van der Waals surface area contributed by atoms with Gasteiger partial charge in [-0.15, -0.1) is 0 Å². The first-order valence-electron chi connectivity index (χ1n) is 7.88. The molecule has 5 nitrogen and oxygen atoms in total. The van der Waals surface area contributed by atoms with E-state index >= 15 is 0 Å². The molecule has 0 aliphatic heterocycles. The maximum absolute atomic E-state index is 12.5. The molecule has 0 radical (unpaired) electrons. The zero-order valence-corrected chi connectivity index (χ0v) is 14.1. The van der Waals surface area contributed by atoms with E-state index in [1.165, 1.54) is 4.90 Å². The maximum Gasteiger partial charge on any atom is 0.254 e. The van der Waals surface area contributed by atoms with Crippen molar-refractivity contribution in [1.29, 1.82) is 0 Å². The van der Waals surface area contributed by atoms with Crippen molar-refractivity contribution in [3.63, 3.8) is 0 Å². The number of ether oxygens (including phenoxy) is 1. The summed E-state index contributed by atoms with van der Waals surface area (Å²) in [6.07, 6.45) is -0.746. The number of aliphatic hydroxyl groups is 1. The Bertz CT molecular complexity index is 674. The predicted octanol–water partition coefficient (Wildman–Crippen LogP) is 2.23. The fourth-order valence-electron chi connectivity index (χ4n) is 2.41. The van der Waals surface area contributed by atoms with Crippen molar-refractivity contribution in [1.82, 2.24) is 4.90 Å². The van der Waals surface area contributed by atoms with Gasteiger partial charge in [0.15, 0.2) is 0 Å². The van der Waals surface area contributed by atoms with Gasteiger partial charge < -0.3 is 20.5 Å². The van der Waals surface area contributed by atoms with Crippen LogP contribution >= 0.6 is 0 Å². The highest BCUT2D eigenvalue weighted by Gasteiger charge is 2.17. The molecule has 0 aromatic heterocycles. The molecule has 2 rings (SSSR count). The van der Waals surface area contributed by atoms with Crippen molar-refractivity contribution in [3.8, 4) is 0 Å². The topological polar surface area (TPSA) is 75.8 Å². The molecule has 0 heterocycles. The lowest BCUT2D eigenvalue weighted by molar-refractivity contribution is 0.0137. The molecular formula is C19H24N2O3. The molecule has 1 unspecified atom stereocenters. The van der Waals surface area contributed by atoms with E-state index in [1.807, 2.05) is 43.3 Å². The second-order valence-electron chi connectivity index (χ2n) is 5.91. The molecule has 0 spiro atoms. The Balaban J connectivity index is 1.83. The molecule has 1 atom stereocenters. The van der Waals surface area contributed by atoms with E-state index in [1.54, 1.807) is 19.2 Å². The molecular weight excluding hydrogens is 304 g/mol. The van der Waals surface area contributed by atoms with Gasteiger partial charge in [-0.25, -0.2) is 0 Å².